The largest absolute Gasteiger partial charge is 0.375 e. The fourth-order valence-corrected chi connectivity index (χ4v) is 3.23. The van der Waals surface area contributed by atoms with Gasteiger partial charge >= 0.3 is 0 Å². The first kappa shape index (κ1) is 17.4. The Labute approximate surface area is 158 Å². The number of aliphatic imine (C=N–C) groups is 2. The number of rotatable bonds is 5. The molecule has 0 aliphatic carbocycles. The summed E-state index contributed by atoms with van der Waals surface area (Å²) in [4.78, 5) is 23.4. The van der Waals surface area contributed by atoms with E-state index in [1.807, 2.05) is 48.2 Å². The van der Waals surface area contributed by atoms with E-state index < -0.39 is 0 Å². The summed E-state index contributed by atoms with van der Waals surface area (Å²) in [6, 6.07) is 14.2. The minimum atomic E-state index is -0.181. The molecule has 0 saturated heterocycles. The van der Waals surface area contributed by atoms with E-state index in [4.69, 9.17) is 4.74 Å². The molecular weight excluding hydrogens is 340 g/mol. The molecule has 2 heterocycles. The van der Waals surface area contributed by atoms with Crippen molar-refractivity contribution in [1.82, 2.24) is 5.32 Å². The molecule has 138 valence electrons. The van der Waals surface area contributed by atoms with E-state index in [1.165, 1.54) is 5.56 Å². The van der Waals surface area contributed by atoms with Gasteiger partial charge in [0.1, 0.15) is 6.67 Å². The maximum atomic E-state index is 12.3. The van der Waals surface area contributed by atoms with Crippen molar-refractivity contribution in [3.05, 3.63) is 59.2 Å². The summed E-state index contributed by atoms with van der Waals surface area (Å²) in [6.45, 7) is 6.09. The number of aryl methyl sites for hydroxylation is 2. The quantitative estimate of drug-likeness (QED) is 0.832. The fraction of sp³-hybridized carbons (Fsp3) is 0.286. The second-order valence-electron chi connectivity index (χ2n) is 6.72. The normalized spacial score (nSPS) is 15.5. The van der Waals surface area contributed by atoms with Gasteiger partial charge in [-0.2, -0.15) is 0 Å². The van der Waals surface area contributed by atoms with Crippen molar-refractivity contribution in [2.45, 2.75) is 20.5 Å². The molecule has 2 aromatic carbocycles. The van der Waals surface area contributed by atoms with Gasteiger partial charge in [-0.15, -0.1) is 0 Å². The van der Waals surface area contributed by atoms with Gasteiger partial charge in [0.05, 0.1) is 24.6 Å². The van der Waals surface area contributed by atoms with Crippen molar-refractivity contribution in [2.75, 3.05) is 24.7 Å². The van der Waals surface area contributed by atoms with Gasteiger partial charge in [-0.05, 0) is 42.7 Å². The van der Waals surface area contributed by atoms with Gasteiger partial charge in [0.25, 0.3) is 5.91 Å². The fourth-order valence-electron chi connectivity index (χ4n) is 3.23. The first-order valence-corrected chi connectivity index (χ1v) is 9.05. The Kier molecular flexibility index (Phi) is 4.73. The van der Waals surface area contributed by atoms with E-state index in [9.17, 15) is 4.79 Å². The SMILES string of the molecule is Cc1cc2c(cc1C)N(CCOCc1ccccc1)C1=NCNC(=O)C1=N2. The molecule has 27 heavy (non-hydrogen) atoms. The molecule has 2 aliphatic heterocycles. The highest BCUT2D eigenvalue weighted by atomic mass is 16.5. The van der Waals surface area contributed by atoms with Gasteiger partial charge in [0, 0.05) is 6.54 Å². The average Bonchev–Trinajstić information content (AvgIpc) is 2.67. The maximum absolute atomic E-state index is 12.3. The molecule has 0 fully saturated rings. The zero-order valence-corrected chi connectivity index (χ0v) is 15.5. The van der Waals surface area contributed by atoms with Gasteiger partial charge in [0.2, 0.25) is 0 Å². The third-order valence-electron chi connectivity index (χ3n) is 4.84. The molecule has 0 aromatic heterocycles. The van der Waals surface area contributed by atoms with Gasteiger partial charge in [0.15, 0.2) is 11.5 Å². The molecule has 0 saturated carbocycles. The van der Waals surface area contributed by atoms with E-state index >= 15 is 0 Å². The molecule has 6 heteroatoms. The number of benzene rings is 2. The summed E-state index contributed by atoms with van der Waals surface area (Å²) in [5, 5.41) is 2.73. The molecule has 0 bridgehead atoms. The van der Waals surface area contributed by atoms with Crippen molar-refractivity contribution in [3.63, 3.8) is 0 Å². The Balaban J connectivity index is 1.57. The van der Waals surface area contributed by atoms with E-state index in [0.717, 1.165) is 22.5 Å². The number of fused-ring (bicyclic) bond motifs is 2. The van der Waals surface area contributed by atoms with Crippen LogP contribution in [0.1, 0.15) is 16.7 Å². The second-order valence-corrected chi connectivity index (χ2v) is 6.72. The number of hydrogen-bond acceptors (Lipinski definition) is 5. The van der Waals surface area contributed by atoms with Gasteiger partial charge in [-0.3, -0.25) is 4.79 Å². The third-order valence-corrected chi connectivity index (χ3v) is 4.84. The molecule has 4 rings (SSSR count). The molecule has 1 N–H and O–H groups in total. The van der Waals surface area contributed by atoms with Crippen LogP contribution in [0.15, 0.2) is 52.4 Å². The summed E-state index contributed by atoms with van der Waals surface area (Å²) in [7, 11) is 0. The molecule has 6 nitrogen and oxygen atoms in total. The summed E-state index contributed by atoms with van der Waals surface area (Å²) >= 11 is 0. The molecule has 0 radical (unpaired) electrons. The zero-order chi connectivity index (χ0) is 18.8. The number of ether oxygens (including phenoxy) is 1. The van der Waals surface area contributed by atoms with Crippen molar-refractivity contribution in [1.29, 1.82) is 0 Å². The van der Waals surface area contributed by atoms with Crippen molar-refractivity contribution in [2.24, 2.45) is 9.98 Å². The summed E-state index contributed by atoms with van der Waals surface area (Å²) in [6.07, 6.45) is 0. The minimum Gasteiger partial charge on any atom is -0.375 e. The van der Waals surface area contributed by atoms with Gasteiger partial charge in [-0.1, -0.05) is 30.3 Å². The molecular formula is C21H22N4O2. The van der Waals surface area contributed by atoms with Crippen LogP contribution in [0, 0.1) is 13.8 Å². The van der Waals surface area contributed by atoms with E-state index in [-0.39, 0.29) is 12.6 Å². The highest BCUT2D eigenvalue weighted by Crippen LogP contribution is 2.36. The Morgan fingerprint density at radius 2 is 1.93 bits per heavy atom. The number of nitrogens with zero attached hydrogens (tertiary/aromatic N) is 3. The van der Waals surface area contributed by atoms with Crippen molar-refractivity contribution in [3.8, 4) is 0 Å². The maximum Gasteiger partial charge on any atom is 0.275 e. The number of nitrogens with one attached hydrogen (secondary N) is 1. The monoisotopic (exact) mass is 362 g/mol. The highest BCUT2D eigenvalue weighted by Gasteiger charge is 2.32. The smallest absolute Gasteiger partial charge is 0.275 e. The lowest BCUT2D eigenvalue weighted by Crippen LogP contribution is -2.51. The number of hydrogen-bond donors (Lipinski definition) is 1. The third kappa shape index (κ3) is 3.48. The predicted octanol–water partition coefficient (Wildman–Crippen LogP) is 2.90. The number of carbonyl (C=O) groups excluding carboxylic acids is 1. The molecule has 2 aromatic rings. The number of amides is 1. The molecule has 2 aliphatic rings. The van der Waals surface area contributed by atoms with Crippen LogP contribution in [0.4, 0.5) is 11.4 Å². The lowest BCUT2D eigenvalue weighted by atomic mass is 10.0. The first-order valence-electron chi connectivity index (χ1n) is 9.05. The van der Waals surface area contributed by atoms with Crippen molar-refractivity contribution >= 4 is 28.8 Å². The minimum absolute atomic E-state index is 0.181. The molecule has 0 unspecified atom stereocenters. The van der Waals surface area contributed by atoms with Crippen LogP contribution in [-0.2, 0) is 16.1 Å². The average molecular weight is 362 g/mol. The van der Waals surface area contributed by atoms with Crippen LogP contribution in [0.25, 0.3) is 0 Å². The summed E-state index contributed by atoms with van der Waals surface area (Å²) < 4.78 is 5.86. The van der Waals surface area contributed by atoms with Gasteiger partial charge < -0.3 is 15.0 Å². The molecule has 0 spiro atoms. The topological polar surface area (TPSA) is 66.3 Å². The Morgan fingerprint density at radius 1 is 1.15 bits per heavy atom. The lowest BCUT2D eigenvalue weighted by molar-refractivity contribution is -0.114. The van der Waals surface area contributed by atoms with E-state index in [0.29, 0.717) is 31.3 Å². The van der Waals surface area contributed by atoms with E-state index in [1.54, 1.807) is 0 Å². The lowest BCUT2D eigenvalue weighted by Gasteiger charge is -2.33. The first-order chi connectivity index (χ1) is 13.1. The highest BCUT2D eigenvalue weighted by molar-refractivity contribution is 6.70. The Morgan fingerprint density at radius 3 is 2.74 bits per heavy atom. The van der Waals surface area contributed by atoms with E-state index in [2.05, 4.69) is 28.3 Å². The number of amidine groups is 1. The summed E-state index contributed by atoms with van der Waals surface area (Å²) in [5.41, 5.74) is 5.61. The second kappa shape index (κ2) is 7.32. The van der Waals surface area contributed by atoms with Crippen LogP contribution < -0.4 is 10.2 Å². The number of carbonyl (C=O) groups is 1. The van der Waals surface area contributed by atoms with Crippen LogP contribution in [0.2, 0.25) is 0 Å². The predicted molar refractivity (Wildman–Crippen MR) is 107 cm³/mol. The van der Waals surface area contributed by atoms with Crippen molar-refractivity contribution < 1.29 is 9.53 Å². The standard InChI is InChI=1S/C21H22N4O2/c1-14-10-17-18(11-15(14)2)25(20-19(24-17)21(26)23-13-22-20)8-9-27-12-16-6-4-3-5-7-16/h3-7,10-11H,8-9,12-13H2,1-2H3,(H,23,26). The molecule has 0 atom stereocenters. The Bertz CT molecular complexity index is 935. The van der Waals surface area contributed by atoms with Crippen LogP contribution in [-0.4, -0.2) is 37.3 Å². The Hall–Kier alpha value is -2.99. The zero-order valence-electron chi connectivity index (χ0n) is 15.5. The molecule has 1 amide bonds. The van der Waals surface area contributed by atoms with Crippen LogP contribution >= 0.6 is 0 Å². The summed E-state index contributed by atoms with van der Waals surface area (Å²) in [5.74, 6) is 0.442. The number of anilines is 1. The van der Waals surface area contributed by atoms with Gasteiger partial charge in [-0.25, -0.2) is 9.98 Å². The van der Waals surface area contributed by atoms with Crippen LogP contribution in [0.3, 0.4) is 0 Å². The van der Waals surface area contributed by atoms with Crippen LogP contribution in [0.5, 0.6) is 0 Å².